The van der Waals surface area contributed by atoms with Gasteiger partial charge in [0.25, 0.3) is 0 Å². The monoisotopic (exact) mass is 237 g/mol. The van der Waals surface area contributed by atoms with E-state index in [0.717, 1.165) is 19.3 Å². The van der Waals surface area contributed by atoms with Crippen molar-refractivity contribution in [2.24, 2.45) is 5.41 Å². The standard InChI is InChI=1S/C15H27NO/c1-6-7-8-13(16-4)15(17-5)11-9-14(2,3)10-12-15/h13,16H,8-12H2,1-5H3. The van der Waals surface area contributed by atoms with Crippen LogP contribution in [-0.2, 0) is 4.74 Å². The van der Waals surface area contributed by atoms with Crippen molar-refractivity contribution in [3.8, 4) is 11.8 Å². The Hall–Kier alpha value is -0.520. The van der Waals surface area contributed by atoms with Gasteiger partial charge in [-0.1, -0.05) is 13.8 Å². The normalized spacial score (nSPS) is 23.6. The summed E-state index contributed by atoms with van der Waals surface area (Å²) in [4.78, 5) is 0. The molecule has 1 unspecified atom stereocenters. The molecule has 1 saturated carbocycles. The lowest BCUT2D eigenvalue weighted by Crippen LogP contribution is -2.53. The van der Waals surface area contributed by atoms with Crippen molar-refractivity contribution in [3.05, 3.63) is 0 Å². The summed E-state index contributed by atoms with van der Waals surface area (Å²) in [6, 6.07) is 0.344. The summed E-state index contributed by atoms with van der Waals surface area (Å²) in [5.74, 6) is 6.17. The van der Waals surface area contributed by atoms with Crippen molar-refractivity contribution in [2.75, 3.05) is 14.2 Å². The molecule has 0 aromatic rings. The van der Waals surface area contributed by atoms with E-state index >= 15 is 0 Å². The fourth-order valence-electron chi connectivity index (χ4n) is 2.80. The van der Waals surface area contributed by atoms with E-state index < -0.39 is 0 Å². The fourth-order valence-corrected chi connectivity index (χ4v) is 2.80. The maximum Gasteiger partial charge on any atom is 0.0840 e. The van der Waals surface area contributed by atoms with Crippen LogP contribution < -0.4 is 5.32 Å². The van der Waals surface area contributed by atoms with Crippen LogP contribution in [0.5, 0.6) is 0 Å². The van der Waals surface area contributed by atoms with Gasteiger partial charge in [-0.2, -0.15) is 0 Å². The van der Waals surface area contributed by atoms with Crippen LogP contribution >= 0.6 is 0 Å². The van der Waals surface area contributed by atoms with Crippen molar-refractivity contribution in [1.82, 2.24) is 5.32 Å². The van der Waals surface area contributed by atoms with E-state index in [4.69, 9.17) is 4.74 Å². The average molecular weight is 237 g/mol. The van der Waals surface area contributed by atoms with Gasteiger partial charge in [0.1, 0.15) is 0 Å². The molecule has 2 nitrogen and oxygen atoms in total. The van der Waals surface area contributed by atoms with Gasteiger partial charge in [0.2, 0.25) is 0 Å². The van der Waals surface area contributed by atoms with Crippen molar-refractivity contribution in [1.29, 1.82) is 0 Å². The molecule has 1 fully saturated rings. The first-order valence-electron chi connectivity index (χ1n) is 6.62. The van der Waals surface area contributed by atoms with Crippen LogP contribution in [-0.4, -0.2) is 25.8 Å². The number of ether oxygens (including phenoxy) is 1. The van der Waals surface area contributed by atoms with Crippen LogP contribution in [0, 0.1) is 17.3 Å². The van der Waals surface area contributed by atoms with Gasteiger partial charge < -0.3 is 10.1 Å². The Kier molecular flexibility index (Phi) is 5.04. The molecule has 0 aromatic carbocycles. The Morgan fingerprint density at radius 1 is 1.24 bits per heavy atom. The van der Waals surface area contributed by atoms with Crippen LogP contribution in [0.4, 0.5) is 0 Å². The van der Waals surface area contributed by atoms with Crippen molar-refractivity contribution in [3.63, 3.8) is 0 Å². The minimum Gasteiger partial charge on any atom is -0.377 e. The van der Waals surface area contributed by atoms with E-state index in [1.165, 1.54) is 12.8 Å². The highest BCUT2D eigenvalue weighted by Gasteiger charge is 2.43. The van der Waals surface area contributed by atoms with Gasteiger partial charge in [0.15, 0.2) is 0 Å². The Morgan fingerprint density at radius 3 is 2.24 bits per heavy atom. The van der Waals surface area contributed by atoms with E-state index in [2.05, 4.69) is 31.0 Å². The van der Waals surface area contributed by atoms with Gasteiger partial charge in [-0.3, -0.25) is 0 Å². The molecule has 0 radical (unpaired) electrons. The van der Waals surface area contributed by atoms with E-state index in [1.807, 2.05) is 21.1 Å². The molecule has 98 valence electrons. The zero-order chi connectivity index (χ0) is 12.9. The molecular weight excluding hydrogens is 210 g/mol. The summed E-state index contributed by atoms with van der Waals surface area (Å²) in [5, 5.41) is 3.40. The highest BCUT2D eigenvalue weighted by molar-refractivity contribution is 5.06. The predicted molar refractivity (Wildman–Crippen MR) is 72.9 cm³/mol. The molecule has 0 aromatic heterocycles. The van der Waals surface area contributed by atoms with Crippen molar-refractivity contribution < 1.29 is 4.74 Å². The number of rotatable bonds is 4. The molecule has 1 rings (SSSR count). The second-order valence-electron chi connectivity index (χ2n) is 5.91. The minimum atomic E-state index is -0.0197. The van der Waals surface area contributed by atoms with Crippen LogP contribution in [0.1, 0.15) is 52.9 Å². The Morgan fingerprint density at radius 2 is 1.82 bits per heavy atom. The molecule has 2 heteroatoms. The van der Waals surface area contributed by atoms with Crippen LogP contribution in [0.2, 0.25) is 0 Å². The molecule has 0 spiro atoms. The maximum absolute atomic E-state index is 5.89. The molecule has 0 bridgehead atoms. The number of hydrogen-bond donors (Lipinski definition) is 1. The Balaban J connectivity index is 2.76. The van der Waals surface area contributed by atoms with Crippen LogP contribution in [0.3, 0.4) is 0 Å². The van der Waals surface area contributed by atoms with Crippen LogP contribution in [0.25, 0.3) is 0 Å². The molecule has 0 heterocycles. The largest absolute Gasteiger partial charge is 0.377 e. The Bertz CT molecular complexity index is 288. The summed E-state index contributed by atoms with van der Waals surface area (Å²) >= 11 is 0. The zero-order valence-electron chi connectivity index (χ0n) is 12.0. The first-order chi connectivity index (χ1) is 7.99. The van der Waals surface area contributed by atoms with Gasteiger partial charge in [0.05, 0.1) is 5.60 Å². The molecule has 1 N–H and O–H groups in total. The quantitative estimate of drug-likeness (QED) is 0.759. The second-order valence-corrected chi connectivity index (χ2v) is 5.91. The highest BCUT2D eigenvalue weighted by Crippen LogP contribution is 2.43. The van der Waals surface area contributed by atoms with Crippen molar-refractivity contribution >= 4 is 0 Å². The van der Waals surface area contributed by atoms with E-state index in [0.29, 0.717) is 11.5 Å². The van der Waals surface area contributed by atoms with E-state index in [9.17, 15) is 0 Å². The summed E-state index contributed by atoms with van der Waals surface area (Å²) in [5.41, 5.74) is 0.449. The van der Waals surface area contributed by atoms with Gasteiger partial charge in [-0.05, 0) is 45.1 Å². The number of nitrogens with one attached hydrogen (secondary N) is 1. The topological polar surface area (TPSA) is 21.3 Å². The summed E-state index contributed by atoms with van der Waals surface area (Å²) in [7, 11) is 3.87. The van der Waals surface area contributed by atoms with Gasteiger partial charge >= 0.3 is 0 Å². The molecule has 1 atom stereocenters. The smallest absolute Gasteiger partial charge is 0.0840 e. The van der Waals surface area contributed by atoms with Crippen LogP contribution in [0.15, 0.2) is 0 Å². The third-order valence-electron chi connectivity index (χ3n) is 4.32. The SMILES string of the molecule is CC#CCC(NC)C1(OC)CCC(C)(C)CC1. The number of likely N-dealkylation sites (N-methyl/N-ethyl adjacent to an activating group) is 1. The first-order valence-corrected chi connectivity index (χ1v) is 6.62. The highest BCUT2D eigenvalue weighted by atomic mass is 16.5. The van der Waals surface area contributed by atoms with E-state index in [-0.39, 0.29) is 5.60 Å². The number of hydrogen-bond acceptors (Lipinski definition) is 2. The Labute approximate surface area is 107 Å². The summed E-state index contributed by atoms with van der Waals surface area (Å²) in [6.07, 6.45) is 5.61. The van der Waals surface area contributed by atoms with E-state index in [1.54, 1.807) is 0 Å². The molecule has 0 saturated heterocycles. The predicted octanol–water partition coefficient (Wildman–Crippen LogP) is 2.97. The first kappa shape index (κ1) is 14.5. The van der Waals surface area contributed by atoms with Gasteiger partial charge in [0, 0.05) is 19.6 Å². The third kappa shape index (κ3) is 3.47. The summed E-state index contributed by atoms with van der Waals surface area (Å²) < 4.78 is 5.89. The molecule has 1 aliphatic carbocycles. The second kappa shape index (κ2) is 5.89. The lowest BCUT2D eigenvalue weighted by molar-refractivity contribution is -0.0837. The average Bonchev–Trinajstić information content (AvgIpc) is 2.32. The molecule has 17 heavy (non-hydrogen) atoms. The maximum atomic E-state index is 5.89. The third-order valence-corrected chi connectivity index (χ3v) is 4.32. The summed E-state index contributed by atoms with van der Waals surface area (Å²) in [6.45, 7) is 6.61. The fraction of sp³-hybridized carbons (Fsp3) is 0.867. The lowest BCUT2D eigenvalue weighted by Gasteiger charge is -2.46. The van der Waals surface area contributed by atoms with Crippen molar-refractivity contribution in [2.45, 2.75) is 64.5 Å². The molecular formula is C15H27NO. The molecule has 0 amide bonds. The minimum absolute atomic E-state index is 0.0197. The zero-order valence-corrected chi connectivity index (χ0v) is 12.0. The molecule has 1 aliphatic rings. The van der Waals surface area contributed by atoms with Gasteiger partial charge in [-0.25, -0.2) is 0 Å². The lowest BCUT2D eigenvalue weighted by atomic mass is 9.68. The molecule has 0 aliphatic heterocycles. The van der Waals surface area contributed by atoms with Gasteiger partial charge in [-0.15, -0.1) is 11.8 Å². The number of methoxy groups -OCH3 is 1.